The maximum atomic E-state index is 11.6. The van der Waals surface area contributed by atoms with Crippen LogP contribution in [0, 0.1) is 0 Å². The Balaban J connectivity index is 2.48. The third-order valence-corrected chi connectivity index (χ3v) is 1.79. The van der Waals surface area contributed by atoms with E-state index < -0.39 is 0 Å². The summed E-state index contributed by atoms with van der Waals surface area (Å²) >= 11 is 0. The number of carbonyl (C=O) groups excluding carboxylic acids is 1. The summed E-state index contributed by atoms with van der Waals surface area (Å²) in [5, 5.41) is 30.3. The molecule has 1 aromatic heterocycles. The maximum Gasteiger partial charge on any atom is 0.230 e. The van der Waals surface area contributed by atoms with Crippen LogP contribution >= 0.6 is 0 Å². The lowest BCUT2D eigenvalue weighted by atomic mass is 10.3. The van der Waals surface area contributed by atoms with Gasteiger partial charge in [0, 0.05) is 13.1 Å². The minimum atomic E-state index is -0.250. The van der Waals surface area contributed by atoms with Crippen molar-refractivity contribution < 1.29 is 15.0 Å². The van der Waals surface area contributed by atoms with E-state index in [1.54, 1.807) is 0 Å². The number of H-pyrrole nitrogens is 1. The van der Waals surface area contributed by atoms with E-state index in [1.165, 1.54) is 4.90 Å². The number of aromatic nitrogens is 4. The molecule has 0 spiro atoms. The van der Waals surface area contributed by atoms with Gasteiger partial charge in [0.2, 0.25) is 5.91 Å². The van der Waals surface area contributed by atoms with Gasteiger partial charge in [-0.3, -0.25) is 4.79 Å². The van der Waals surface area contributed by atoms with Gasteiger partial charge < -0.3 is 15.1 Å². The molecule has 0 unspecified atom stereocenters. The molecule has 0 radical (unpaired) electrons. The van der Waals surface area contributed by atoms with Crippen molar-refractivity contribution in [2.45, 2.75) is 6.42 Å². The predicted molar refractivity (Wildman–Crippen MR) is 48.6 cm³/mol. The lowest BCUT2D eigenvalue weighted by Crippen LogP contribution is -2.37. The van der Waals surface area contributed by atoms with Crippen molar-refractivity contribution in [3.63, 3.8) is 0 Å². The van der Waals surface area contributed by atoms with E-state index in [-0.39, 0.29) is 38.6 Å². The van der Waals surface area contributed by atoms with E-state index >= 15 is 0 Å². The van der Waals surface area contributed by atoms with Crippen LogP contribution in [0.1, 0.15) is 5.82 Å². The number of carbonyl (C=O) groups is 1. The minimum absolute atomic E-state index is 0.0104. The Bertz CT molecular complexity index is 283. The molecule has 0 saturated carbocycles. The van der Waals surface area contributed by atoms with Crippen LogP contribution in [0.25, 0.3) is 0 Å². The lowest BCUT2D eigenvalue weighted by molar-refractivity contribution is -0.131. The first-order chi connectivity index (χ1) is 7.27. The summed E-state index contributed by atoms with van der Waals surface area (Å²) in [7, 11) is 0. The minimum Gasteiger partial charge on any atom is -0.395 e. The van der Waals surface area contributed by atoms with Gasteiger partial charge in [-0.15, -0.1) is 10.2 Å². The van der Waals surface area contributed by atoms with E-state index in [2.05, 4.69) is 20.6 Å². The van der Waals surface area contributed by atoms with Gasteiger partial charge in [-0.1, -0.05) is 5.21 Å². The first-order valence-electron chi connectivity index (χ1n) is 4.49. The Kier molecular flexibility index (Phi) is 4.64. The topological polar surface area (TPSA) is 115 Å². The second-order valence-corrected chi connectivity index (χ2v) is 2.83. The lowest BCUT2D eigenvalue weighted by Gasteiger charge is -2.19. The van der Waals surface area contributed by atoms with Crippen LogP contribution in [0.2, 0.25) is 0 Å². The Morgan fingerprint density at radius 1 is 1.33 bits per heavy atom. The summed E-state index contributed by atoms with van der Waals surface area (Å²) in [5.41, 5.74) is 0. The molecule has 15 heavy (non-hydrogen) atoms. The molecule has 0 fully saturated rings. The molecule has 1 amide bonds. The zero-order valence-corrected chi connectivity index (χ0v) is 8.13. The zero-order valence-electron chi connectivity index (χ0n) is 8.13. The third kappa shape index (κ3) is 3.60. The van der Waals surface area contributed by atoms with Gasteiger partial charge in [0.15, 0.2) is 5.82 Å². The highest BCUT2D eigenvalue weighted by Gasteiger charge is 2.14. The molecule has 1 aromatic rings. The number of nitrogens with one attached hydrogen (secondary N) is 1. The number of nitrogens with zero attached hydrogens (tertiary/aromatic N) is 4. The standard InChI is InChI=1S/C7H13N5O3/c13-3-1-12(2-4-14)7(15)5-6-8-10-11-9-6/h13-14H,1-5H2,(H,8,9,10,11). The molecule has 84 valence electrons. The molecule has 0 bridgehead atoms. The van der Waals surface area contributed by atoms with Gasteiger partial charge in [0.1, 0.15) is 0 Å². The highest BCUT2D eigenvalue weighted by molar-refractivity contribution is 5.77. The Morgan fingerprint density at radius 3 is 2.47 bits per heavy atom. The number of hydrogen-bond acceptors (Lipinski definition) is 6. The fourth-order valence-corrected chi connectivity index (χ4v) is 1.11. The Morgan fingerprint density at radius 2 is 2.00 bits per heavy atom. The monoisotopic (exact) mass is 215 g/mol. The first kappa shape index (κ1) is 11.5. The molecule has 1 rings (SSSR count). The fraction of sp³-hybridized carbons (Fsp3) is 0.714. The van der Waals surface area contributed by atoms with Gasteiger partial charge in [-0.05, 0) is 0 Å². The summed E-state index contributed by atoms with van der Waals surface area (Å²) in [6.07, 6.45) is 0.0104. The van der Waals surface area contributed by atoms with Crippen LogP contribution in [0.5, 0.6) is 0 Å². The van der Waals surface area contributed by atoms with Crippen LogP contribution in [-0.2, 0) is 11.2 Å². The van der Waals surface area contributed by atoms with E-state index in [9.17, 15) is 4.79 Å². The van der Waals surface area contributed by atoms with Gasteiger partial charge >= 0.3 is 0 Å². The molecule has 1 heterocycles. The summed E-state index contributed by atoms with van der Waals surface area (Å²) in [4.78, 5) is 12.9. The molecule has 0 atom stereocenters. The molecule has 0 aromatic carbocycles. The molecule has 8 nitrogen and oxygen atoms in total. The van der Waals surface area contributed by atoms with Gasteiger partial charge in [0.05, 0.1) is 19.6 Å². The number of hydrogen-bond donors (Lipinski definition) is 3. The largest absolute Gasteiger partial charge is 0.395 e. The average molecular weight is 215 g/mol. The number of amides is 1. The first-order valence-corrected chi connectivity index (χ1v) is 4.49. The number of tetrazole rings is 1. The van der Waals surface area contributed by atoms with Gasteiger partial charge in [-0.25, -0.2) is 0 Å². The van der Waals surface area contributed by atoms with Gasteiger partial charge in [-0.2, -0.15) is 5.21 Å². The normalized spacial score (nSPS) is 10.3. The molecule has 0 aliphatic carbocycles. The second-order valence-electron chi connectivity index (χ2n) is 2.83. The highest BCUT2D eigenvalue weighted by Crippen LogP contribution is 1.95. The molecule has 0 aliphatic heterocycles. The van der Waals surface area contributed by atoms with Crippen molar-refractivity contribution in [3.05, 3.63) is 5.82 Å². The molecule has 0 aliphatic rings. The van der Waals surface area contributed by atoms with Crippen molar-refractivity contribution in [1.29, 1.82) is 0 Å². The van der Waals surface area contributed by atoms with Crippen molar-refractivity contribution in [3.8, 4) is 0 Å². The molecular formula is C7H13N5O3. The highest BCUT2D eigenvalue weighted by atomic mass is 16.3. The van der Waals surface area contributed by atoms with Gasteiger partial charge in [0.25, 0.3) is 0 Å². The van der Waals surface area contributed by atoms with Crippen LogP contribution in [0.4, 0.5) is 0 Å². The smallest absolute Gasteiger partial charge is 0.230 e. The van der Waals surface area contributed by atoms with Crippen molar-refractivity contribution >= 4 is 5.91 Å². The fourth-order valence-electron chi connectivity index (χ4n) is 1.11. The zero-order chi connectivity index (χ0) is 11.1. The second kappa shape index (κ2) is 6.04. The number of aromatic amines is 1. The number of aliphatic hydroxyl groups excluding tert-OH is 2. The van der Waals surface area contributed by atoms with Crippen molar-refractivity contribution in [1.82, 2.24) is 25.5 Å². The molecule has 0 saturated heterocycles. The maximum absolute atomic E-state index is 11.6. The van der Waals surface area contributed by atoms with Crippen LogP contribution in [0.15, 0.2) is 0 Å². The quantitative estimate of drug-likeness (QED) is 0.485. The Hall–Kier alpha value is -1.54. The summed E-state index contributed by atoms with van der Waals surface area (Å²) < 4.78 is 0. The van der Waals surface area contributed by atoms with Crippen molar-refractivity contribution in [2.24, 2.45) is 0 Å². The van der Waals surface area contributed by atoms with Crippen LogP contribution < -0.4 is 0 Å². The molecule has 8 heteroatoms. The average Bonchev–Trinajstić information content (AvgIpc) is 2.70. The van der Waals surface area contributed by atoms with E-state index in [0.29, 0.717) is 5.82 Å². The van der Waals surface area contributed by atoms with Crippen molar-refractivity contribution in [2.75, 3.05) is 26.3 Å². The predicted octanol–water partition coefficient (Wildman–Crippen LogP) is -2.44. The van der Waals surface area contributed by atoms with Crippen LogP contribution in [0.3, 0.4) is 0 Å². The SMILES string of the molecule is O=C(Cc1nn[nH]n1)N(CCO)CCO. The molecular weight excluding hydrogens is 202 g/mol. The summed E-state index contributed by atoms with van der Waals surface area (Å²) in [6, 6.07) is 0. The number of aliphatic hydroxyl groups is 2. The number of rotatable bonds is 6. The summed E-state index contributed by atoms with van der Waals surface area (Å²) in [5.74, 6) is 0.0420. The van der Waals surface area contributed by atoms with E-state index in [0.717, 1.165) is 0 Å². The Labute approximate surface area is 85.9 Å². The van der Waals surface area contributed by atoms with E-state index in [1.807, 2.05) is 0 Å². The molecule has 3 N–H and O–H groups in total. The summed E-state index contributed by atoms with van der Waals surface area (Å²) in [6.45, 7) is 0.102. The van der Waals surface area contributed by atoms with Crippen LogP contribution in [-0.4, -0.2) is 67.9 Å². The van der Waals surface area contributed by atoms with E-state index in [4.69, 9.17) is 10.2 Å². The third-order valence-electron chi connectivity index (χ3n) is 1.79.